The molecule has 0 N–H and O–H groups in total. The minimum Gasteiger partial charge on any atom is -0.460 e. The van der Waals surface area contributed by atoms with Crippen LogP contribution in [-0.2, 0) is 9.47 Å². The van der Waals surface area contributed by atoms with Crippen molar-refractivity contribution in [2.45, 2.75) is 9.79 Å². The quantitative estimate of drug-likeness (QED) is 0.355. The minimum atomic E-state index is -0.311. The van der Waals surface area contributed by atoms with Crippen LogP contribution in [0.4, 0.5) is 5.69 Å². The molecule has 0 atom stereocenters. The Balaban J connectivity index is 1.09. The normalized spacial score (nSPS) is 15.5. The largest absolute Gasteiger partial charge is 0.460 e. The highest BCUT2D eigenvalue weighted by Crippen LogP contribution is 2.40. The van der Waals surface area contributed by atoms with Crippen molar-refractivity contribution >= 4 is 29.3 Å². The number of hydrogen-bond acceptors (Lipinski definition) is 7. The molecular formula is C28H29N3O3S. The summed E-state index contributed by atoms with van der Waals surface area (Å²) in [5.74, 6) is 0.753. The molecule has 6 nitrogen and oxygen atoms in total. The molecule has 35 heavy (non-hydrogen) atoms. The van der Waals surface area contributed by atoms with Gasteiger partial charge in [0.05, 0.1) is 24.5 Å². The van der Waals surface area contributed by atoms with Crippen LogP contribution in [0.2, 0.25) is 0 Å². The molecule has 0 amide bonds. The lowest BCUT2D eigenvalue weighted by Crippen LogP contribution is -2.49. The third kappa shape index (κ3) is 5.93. The first-order valence-electron chi connectivity index (χ1n) is 12.0. The van der Waals surface area contributed by atoms with Gasteiger partial charge in [-0.05, 0) is 30.3 Å². The van der Waals surface area contributed by atoms with Crippen molar-refractivity contribution in [1.82, 2.24) is 9.80 Å². The van der Waals surface area contributed by atoms with E-state index < -0.39 is 0 Å². The second-order valence-electron chi connectivity index (χ2n) is 8.44. The Bertz CT molecular complexity index is 1180. The molecule has 0 aliphatic carbocycles. The molecule has 2 heterocycles. The van der Waals surface area contributed by atoms with Gasteiger partial charge in [0.1, 0.15) is 12.4 Å². The van der Waals surface area contributed by atoms with Gasteiger partial charge in [-0.1, -0.05) is 60.3 Å². The number of amidine groups is 1. The molecular weight excluding hydrogens is 458 g/mol. The van der Waals surface area contributed by atoms with E-state index in [1.165, 1.54) is 15.4 Å². The number of esters is 1. The summed E-state index contributed by atoms with van der Waals surface area (Å²) >= 11 is 1.79. The topological polar surface area (TPSA) is 54.4 Å². The first-order valence-corrected chi connectivity index (χ1v) is 12.8. The summed E-state index contributed by atoms with van der Waals surface area (Å²) in [5, 5.41) is 0. The van der Waals surface area contributed by atoms with E-state index in [9.17, 15) is 4.79 Å². The van der Waals surface area contributed by atoms with Crippen LogP contribution in [0.15, 0.2) is 93.6 Å². The highest BCUT2D eigenvalue weighted by molar-refractivity contribution is 7.99. The summed E-state index contributed by atoms with van der Waals surface area (Å²) in [6.07, 6.45) is 0. The number of rotatable bonds is 7. The van der Waals surface area contributed by atoms with Gasteiger partial charge in [0.15, 0.2) is 0 Å². The van der Waals surface area contributed by atoms with Gasteiger partial charge < -0.3 is 14.4 Å². The molecule has 0 radical (unpaired) electrons. The number of ether oxygens (including phenoxy) is 2. The second kappa shape index (κ2) is 11.5. The van der Waals surface area contributed by atoms with Gasteiger partial charge >= 0.3 is 5.97 Å². The molecule has 0 saturated carbocycles. The molecule has 3 aromatic carbocycles. The lowest BCUT2D eigenvalue weighted by molar-refractivity contribution is 0.0266. The van der Waals surface area contributed by atoms with Crippen LogP contribution in [0.5, 0.6) is 0 Å². The van der Waals surface area contributed by atoms with Crippen molar-refractivity contribution < 1.29 is 14.3 Å². The Hall–Kier alpha value is -3.13. The number of hydrogen-bond donors (Lipinski definition) is 0. The molecule has 1 fully saturated rings. The molecule has 7 heteroatoms. The first-order chi connectivity index (χ1) is 17.3. The average molecular weight is 488 g/mol. The molecule has 0 spiro atoms. The minimum absolute atomic E-state index is 0.264. The zero-order valence-electron chi connectivity index (χ0n) is 19.6. The highest BCUT2D eigenvalue weighted by Gasteiger charge is 2.25. The first kappa shape index (κ1) is 23.6. The Morgan fingerprint density at radius 1 is 0.800 bits per heavy atom. The van der Waals surface area contributed by atoms with Gasteiger partial charge in [0.2, 0.25) is 0 Å². The summed E-state index contributed by atoms with van der Waals surface area (Å²) in [6.45, 7) is 5.93. The Morgan fingerprint density at radius 3 is 2.34 bits per heavy atom. The number of piperazine rings is 1. The highest BCUT2D eigenvalue weighted by atomic mass is 32.2. The summed E-state index contributed by atoms with van der Waals surface area (Å²) < 4.78 is 11.0. The third-order valence-corrected chi connectivity index (χ3v) is 7.27. The van der Waals surface area contributed by atoms with Crippen molar-refractivity contribution in [1.29, 1.82) is 0 Å². The van der Waals surface area contributed by atoms with E-state index >= 15 is 0 Å². The molecule has 180 valence electrons. The van der Waals surface area contributed by atoms with Crippen molar-refractivity contribution in [2.24, 2.45) is 4.99 Å². The van der Waals surface area contributed by atoms with E-state index in [0.717, 1.165) is 44.2 Å². The van der Waals surface area contributed by atoms with Crippen molar-refractivity contribution in [3.05, 3.63) is 90.0 Å². The number of nitrogens with zero attached hydrogens (tertiary/aromatic N) is 3. The average Bonchev–Trinajstić information content (AvgIpc) is 3.08. The fourth-order valence-electron chi connectivity index (χ4n) is 4.24. The van der Waals surface area contributed by atoms with Crippen LogP contribution in [0, 0.1) is 0 Å². The van der Waals surface area contributed by atoms with Crippen molar-refractivity contribution in [2.75, 3.05) is 52.5 Å². The Kier molecular flexibility index (Phi) is 7.78. The monoisotopic (exact) mass is 487 g/mol. The van der Waals surface area contributed by atoms with Crippen LogP contribution in [0.3, 0.4) is 0 Å². The van der Waals surface area contributed by atoms with E-state index in [0.29, 0.717) is 18.8 Å². The molecule has 2 aliphatic rings. The number of carbonyl (C=O) groups is 1. The SMILES string of the molecule is O=C(OCCOCCN1CCN(C2=Nc3ccccc3Sc3ccccc32)CC1)c1ccccc1. The number of carbonyl (C=O) groups excluding carboxylic acids is 1. The summed E-state index contributed by atoms with van der Waals surface area (Å²) in [7, 11) is 0. The van der Waals surface area contributed by atoms with E-state index in [-0.39, 0.29) is 12.6 Å². The van der Waals surface area contributed by atoms with Crippen LogP contribution >= 0.6 is 11.8 Å². The Morgan fingerprint density at radius 2 is 1.51 bits per heavy atom. The van der Waals surface area contributed by atoms with E-state index in [2.05, 4.69) is 58.3 Å². The fourth-order valence-corrected chi connectivity index (χ4v) is 5.26. The van der Waals surface area contributed by atoms with E-state index in [1.54, 1.807) is 23.9 Å². The van der Waals surface area contributed by atoms with Crippen LogP contribution < -0.4 is 0 Å². The van der Waals surface area contributed by atoms with Gasteiger partial charge in [-0.25, -0.2) is 9.79 Å². The van der Waals surface area contributed by atoms with E-state index in [1.807, 2.05) is 18.2 Å². The van der Waals surface area contributed by atoms with Gasteiger partial charge in [0, 0.05) is 48.1 Å². The molecule has 0 bridgehead atoms. The molecule has 3 aromatic rings. The van der Waals surface area contributed by atoms with Crippen LogP contribution in [0.25, 0.3) is 0 Å². The number of fused-ring (bicyclic) bond motifs is 2. The summed E-state index contributed by atoms with van der Waals surface area (Å²) in [6, 6.07) is 25.9. The standard InChI is InChI=1S/C28H29N3O3S/c32-28(22-8-2-1-3-9-22)34-21-20-33-19-18-30-14-16-31(17-15-30)27-23-10-4-6-12-25(23)35-26-13-7-5-11-24(26)29-27/h1-13H,14-21H2. The maximum absolute atomic E-state index is 12.0. The van der Waals surface area contributed by atoms with Gasteiger partial charge in [-0.2, -0.15) is 0 Å². The zero-order chi connectivity index (χ0) is 23.9. The molecule has 5 rings (SSSR count). The number of para-hydroxylation sites is 1. The lowest BCUT2D eigenvalue weighted by Gasteiger charge is -2.36. The number of aliphatic imine (C=N–C) groups is 1. The van der Waals surface area contributed by atoms with E-state index in [4.69, 9.17) is 14.5 Å². The maximum Gasteiger partial charge on any atom is 0.338 e. The van der Waals surface area contributed by atoms with Crippen molar-refractivity contribution in [3.8, 4) is 0 Å². The molecule has 0 unspecified atom stereocenters. The van der Waals surface area contributed by atoms with Gasteiger partial charge in [-0.15, -0.1) is 0 Å². The van der Waals surface area contributed by atoms with Crippen molar-refractivity contribution in [3.63, 3.8) is 0 Å². The van der Waals surface area contributed by atoms with Gasteiger partial charge in [0.25, 0.3) is 0 Å². The lowest BCUT2D eigenvalue weighted by atomic mass is 10.1. The third-order valence-electron chi connectivity index (χ3n) is 6.13. The second-order valence-corrected chi connectivity index (χ2v) is 9.53. The zero-order valence-corrected chi connectivity index (χ0v) is 20.5. The van der Waals surface area contributed by atoms with Gasteiger partial charge in [-0.3, -0.25) is 4.90 Å². The smallest absolute Gasteiger partial charge is 0.338 e. The maximum atomic E-state index is 12.0. The predicted molar refractivity (Wildman–Crippen MR) is 139 cm³/mol. The predicted octanol–water partition coefficient (Wildman–Crippen LogP) is 4.72. The van der Waals surface area contributed by atoms with Crippen LogP contribution in [0.1, 0.15) is 15.9 Å². The van der Waals surface area contributed by atoms with Crippen LogP contribution in [-0.4, -0.2) is 74.1 Å². The number of benzene rings is 3. The summed E-state index contributed by atoms with van der Waals surface area (Å²) in [4.78, 5) is 24.3. The molecule has 2 aliphatic heterocycles. The summed E-state index contributed by atoms with van der Waals surface area (Å²) in [5.41, 5.74) is 2.80. The molecule has 1 saturated heterocycles. The molecule has 0 aromatic heterocycles. The Labute approximate surface area is 210 Å². The fraction of sp³-hybridized carbons (Fsp3) is 0.286.